The van der Waals surface area contributed by atoms with E-state index in [1.54, 1.807) is 0 Å². The van der Waals surface area contributed by atoms with E-state index in [4.69, 9.17) is 4.52 Å². The molecule has 0 aliphatic heterocycles. The molecule has 0 radical (unpaired) electrons. The highest BCUT2D eigenvalue weighted by Crippen LogP contribution is 2.24. The van der Waals surface area contributed by atoms with Crippen LogP contribution in [0.15, 0.2) is 47.0 Å². The molecule has 4 heteroatoms. The average Bonchev–Trinajstić information content (AvgIpc) is 2.89. The van der Waals surface area contributed by atoms with Gasteiger partial charge < -0.3 is 9.84 Å². The zero-order valence-corrected chi connectivity index (χ0v) is 12.7. The lowest BCUT2D eigenvalue weighted by Gasteiger charge is -2.04. The summed E-state index contributed by atoms with van der Waals surface area (Å²) in [5.74, 6) is -0.0572. The van der Waals surface area contributed by atoms with Crippen LogP contribution in [0.4, 0.5) is 0 Å². The third kappa shape index (κ3) is 3.01. The van der Waals surface area contributed by atoms with Crippen LogP contribution in [-0.2, 0) is 17.8 Å². The summed E-state index contributed by atoms with van der Waals surface area (Å²) in [7, 11) is 0. The second-order valence-electron chi connectivity index (χ2n) is 5.53. The summed E-state index contributed by atoms with van der Waals surface area (Å²) < 4.78 is 5.37. The summed E-state index contributed by atoms with van der Waals surface area (Å²) >= 11 is 0. The Kier molecular flexibility index (Phi) is 3.92. The molecular formula is C18H18N2O2. The van der Waals surface area contributed by atoms with Crippen LogP contribution in [0.5, 0.6) is 0 Å². The third-order valence-corrected chi connectivity index (χ3v) is 3.64. The van der Waals surface area contributed by atoms with Gasteiger partial charge in [0.15, 0.2) is 5.58 Å². The van der Waals surface area contributed by atoms with E-state index in [0.29, 0.717) is 12.2 Å². The zero-order valence-electron chi connectivity index (χ0n) is 12.7. The SMILES string of the molecule is Cc1cc(C)c2onc(CC(=O)NCc3ccccc3)c2c1. The van der Waals surface area contributed by atoms with Crippen molar-refractivity contribution in [2.75, 3.05) is 0 Å². The predicted molar refractivity (Wildman–Crippen MR) is 85.5 cm³/mol. The van der Waals surface area contributed by atoms with E-state index in [-0.39, 0.29) is 12.3 Å². The van der Waals surface area contributed by atoms with Gasteiger partial charge in [-0.15, -0.1) is 0 Å². The van der Waals surface area contributed by atoms with E-state index in [1.165, 1.54) is 0 Å². The van der Waals surface area contributed by atoms with Gasteiger partial charge in [0, 0.05) is 11.9 Å². The Bertz CT molecular complexity index is 807. The van der Waals surface area contributed by atoms with Gasteiger partial charge in [0.2, 0.25) is 5.91 Å². The Hall–Kier alpha value is -2.62. The number of benzene rings is 2. The van der Waals surface area contributed by atoms with Gasteiger partial charge >= 0.3 is 0 Å². The lowest BCUT2D eigenvalue weighted by Crippen LogP contribution is -2.24. The summed E-state index contributed by atoms with van der Waals surface area (Å²) in [6.45, 7) is 4.53. The molecule has 0 unspecified atom stereocenters. The Labute approximate surface area is 129 Å². The lowest BCUT2D eigenvalue weighted by atomic mass is 10.1. The number of nitrogens with zero attached hydrogens (tertiary/aromatic N) is 1. The zero-order chi connectivity index (χ0) is 15.5. The minimum atomic E-state index is -0.0572. The number of hydrogen-bond donors (Lipinski definition) is 1. The van der Waals surface area contributed by atoms with Crippen LogP contribution in [-0.4, -0.2) is 11.1 Å². The summed E-state index contributed by atoms with van der Waals surface area (Å²) in [5.41, 5.74) is 4.70. The van der Waals surface area contributed by atoms with E-state index in [2.05, 4.69) is 10.5 Å². The first-order valence-corrected chi connectivity index (χ1v) is 7.29. The van der Waals surface area contributed by atoms with Crippen LogP contribution < -0.4 is 5.32 Å². The van der Waals surface area contributed by atoms with Crippen molar-refractivity contribution in [2.45, 2.75) is 26.8 Å². The average molecular weight is 294 g/mol. The minimum Gasteiger partial charge on any atom is -0.356 e. The highest BCUT2D eigenvalue weighted by Gasteiger charge is 2.14. The molecule has 1 heterocycles. The number of rotatable bonds is 4. The first-order chi connectivity index (χ1) is 10.6. The quantitative estimate of drug-likeness (QED) is 0.803. The number of amides is 1. The van der Waals surface area contributed by atoms with Gasteiger partial charge in [-0.3, -0.25) is 4.79 Å². The molecule has 3 aromatic rings. The number of fused-ring (bicyclic) bond motifs is 1. The van der Waals surface area contributed by atoms with Crippen molar-refractivity contribution in [2.24, 2.45) is 0 Å². The summed E-state index contributed by atoms with van der Waals surface area (Å²) in [6.07, 6.45) is 0.225. The monoisotopic (exact) mass is 294 g/mol. The summed E-state index contributed by atoms with van der Waals surface area (Å²) in [4.78, 5) is 12.1. The Balaban J connectivity index is 1.72. The number of nitrogens with one attached hydrogen (secondary N) is 1. The van der Waals surface area contributed by atoms with Crippen molar-refractivity contribution in [3.8, 4) is 0 Å². The molecule has 0 aliphatic rings. The van der Waals surface area contributed by atoms with Gasteiger partial charge in [-0.2, -0.15) is 0 Å². The van der Waals surface area contributed by atoms with E-state index in [1.807, 2.05) is 56.3 Å². The van der Waals surface area contributed by atoms with Crippen molar-refractivity contribution >= 4 is 16.9 Å². The first-order valence-electron chi connectivity index (χ1n) is 7.29. The molecule has 0 saturated heterocycles. The number of hydrogen-bond acceptors (Lipinski definition) is 3. The predicted octanol–water partition coefficient (Wildman–Crippen LogP) is 3.30. The normalized spacial score (nSPS) is 10.8. The number of aromatic nitrogens is 1. The molecule has 1 aromatic heterocycles. The Morgan fingerprint density at radius 1 is 1.18 bits per heavy atom. The molecule has 22 heavy (non-hydrogen) atoms. The van der Waals surface area contributed by atoms with Crippen LogP contribution >= 0.6 is 0 Å². The Morgan fingerprint density at radius 3 is 2.73 bits per heavy atom. The van der Waals surface area contributed by atoms with Crippen LogP contribution in [0.3, 0.4) is 0 Å². The third-order valence-electron chi connectivity index (χ3n) is 3.64. The van der Waals surface area contributed by atoms with Crippen molar-refractivity contribution in [1.82, 2.24) is 10.5 Å². The van der Waals surface area contributed by atoms with Gasteiger partial charge in [0.05, 0.1) is 6.42 Å². The smallest absolute Gasteiger partial charge is 0.226 e. The molecule has 1 amide bonds. The van der Waals surface area contributed by atoms with Gasteiger partial charge in [-0.25, -0.2) is 0 Å². The summed E-state index contributed by atoms with van der Waals surface area (Å²) in [6, 6.07) is 13.9. The van der Waals surface area contributed by atoms with Gasteiger partial charge in [0.25, 0.3) is 0 Å². The van der Waals surface area contributed by atoms with E-state index >= 15 is 0 Å². The molecule has 3 rings (SSSR count). The minimum absolute atomic E-state index is 0.0572. The lowest BCUT2D eigenvalue weighted by molar-refractivity contribution is -0.120. The highest BCUT2D eigenvalue weighted by atomic mass is 16.5. The fourth-order valence-electron chi connectivity index (χ4n) is 2.58. The van der Waals surface area contributed by atoms with Crippen molar-refractivity contribution in [3.63, 3.8) is 0 Å². The maximum absolute atomic E-state index is 12.1. The molecule has 0 fully saturated rings. The van der Waals surface area contributed by atoms with E-state index < -0.39 is 0 Å². The molecule has 2 aromatic carbocycles. The number of carbonyl (C=O) groups is 1. The molecule has 0 aliphatic carbocycles. The van der Waals surface area contributed by atoms with Crippen LogP contribution in [0.1, 0.15) is 22.4 Å². The van der Waals surface area contributed by atoms with E-state index in [0.717, 1.165) is 27.7 Å². The van der Waals surface area contributed by atoms with E-state index in [9.17, 15) is 4.79 Å². The molecule has 0 saturated carbocycles. The topological polar surface area (TPSA) is 55.1 Å². The largest absolute Gasteiger partial charge is 0.356 e. The second kappa shape index (κ2) is 6.02. The van der Waals surface area contributed by atoms with Crippen LogP contribution in [0.2, 0.25) is 0 Å². The number of aryl methyl sites for hydroxylation is 2. The fourth-order valence-corrected chi connectivity index (χ4v) is 2.58. The molecular weight excluding hydrogens is 276 g/mol. The van der Waals surface area contributed by atoms with Gasteiger partial charge in [-0.05, 0) is 36.6 Å². The molecule has 0 bridgehead atoms. The summed E-state index contributed by atoms with van der Waals surface area (Å²) in [5, 5.41) is 7.89. The standard InChI is InChI=1S/C18H18N2O2/c1-12-8-13(2)18-15(9-12)16(20-22-18)10-17(21)19-11-14-6-4-3-5-7-14/h3-9H,10-11H2,1-2H3,(H,19,21). The van der Waals surface area contributed by atoms with Crippen molar-refractivity contribution in [3.05, 3.63) is 64.8 Å². The molecule has 0 atom stereocenters. The van der Waals surface area contributed by atoms with Gasteiger partial charge in [0.1, 0.15) is 5.69 Å². The molecule has 4 nitrogen and oxygen atoms in total. The first kappa shape index (κ1) is 14.3. The van der Waals surface area contributed by atoms with Gasteiger partial charge in [-0.1, -0.05) is 41.6 Å². The highest BCUT2D eigenvalue weighted by molar-refractivity contribution is 5.88. The second-order valence-corrected chi connectivity index (χ2v) is 5.53. The maximum atomic E-state index is 12.1. The Morgan fingerprint density at radius 2 is 1.95 bits per heavy atom. The molecule has 112 valence electrons. The molecule has 1 N–H and O–H groups in total. The van der Waals surface area contributed by atoms with Crippen molar-refractivity contribution in [1.29, 1.82) is 0 Å². The van der Waals surface area contributed by atoms with Crippen molar-refractivity contribution < 1.29 is 9.32 Å². The number of carbonyl (C=O) groups excluding carboxylic acids is 1. The van der Waals surface area contributed by atoms with Crippen LogP contribution in [0.25, 0.3) is 11.0 Å². The van der Waals surface area contributed by atoms with Crippen LogP contribution in [0, 0.1) is 13.8 Å². The molecule has 0 spiro atoms. The maximum Gasteiger partial charge on any atom is 0.226 e. The fraction of sp³-hybridized carbons (Fsp3) is 0.222.